The van der Waals surface area contributed by atoms with E-state index < -0.39 is 6.10 Å². The zero-order valence-electron chi connectivity index (χ0n) is 13.9. The molecular formula is C17H27BrN2O4. The molecule has 7 heteroatoms. The first-order valence-corrected chi connectivity index (χ1v) is 9.17. The van der Waals surface area contributed by atoms with Crippen LogP contribution in [0.15, 0.2) is 28.7 Å². The molecule has 0 spiro atoms. The van der Waals surface area contributed by atoms with Gasteiger partial charge in [0.1, 0.15) is 12.4 Å². The molecule has 0 saturated carbocycles. The minimum absolute atomic E-state index is 0.206. The molecule has 1 aromatic rings. The van der Waals surface area contributed by atoms with Gasteiger partial charge in [0.05, 0.1) is 30.4 Å². The summed E-state index contributed by atoms with van der Waals surface area (Å²) in [5.41, 5.74) is 0. The van der Waals surface area contributed by atoms with E-state index in [-0.39, 0.29) is 6.61 Å². The van der Waals surface area contributed by atoms with Crippen molar-refractivity contribution in [1.29, 1.82) is 0 Å². The summed E-state index contributed by atoms with van der Waals surface area (Å²) in [6.07, 6.45) is -0.488. The van der Waals surface area contributed by atoms with Gasteiger partial charge in [-0.1, -0.05) is 12.1 Å². The highest BCUT2D eigenvalue weighted by Gasteiger charge is 2.18. The van der Waals surface area contributed by atoms with Crippen molar-refractivity contribution < 1.29 is 19.7 Å². The van der Waals surface area contributed by atoms with Gasteiger partial charge in [0.2, 0.25) is 0 Å². The van der Waals surface area contributed by atoms with E-state index in [1.54, 1.807) is 0 Å². The van der Waals surface area contributed by atoms with Crippen molar-refractivity contribution in [2.24, 2.45) is 0 Å². The van der Waals surface area contributed by atoms with Crippen LogP contribution in [0.3, 0.4) is 0 Å². The number of ether oxygens (including phenoxy) is 2. The van der Waals surface area contributed by atoms with Gasteiger partial charge in [0.15, 0.2) is 0 Å². The maximum Gasteiger partial charge on any atom is 0.133 e. The Bertz CT molecular complexity index is 470. The van der Waals surface area contributed by atoms with Crippen LogP contribution in [0.25, 0.3) is 0 Å². The number of para-hydroxylation sites is 1. The van der Waals surface area contributed by atoms with E-state index in [1.165, 1.54) is 0 Å². The van der Waals surface area contributed by atoms with Crippen LogP contribution < -0.4 is 4.74 Å². The maximum absolute atomic E-state index is 10.1. The minimum Gasteiger partial charge on any atom is -0.490 e. The first-order valence-electron chi connectivity index (χ1n) is 8.37. The number of aliphatic hydroxyl groups excluding tert-OH is 2. The molecule has 6 nitrogen and oxygen atoms in total. The van der Waals surface area contributed by atoms with Gasteiger partial charge < -0.3 is 19.7 Å². The summed E-state index contributed by atoms with van der Waals surface area (Å²) >= 11 is 3.43. The molecular weight excluding hydrogens is 376 g/mol. The summed E-state index contributed by atoms with van der Waals surface area (Å²) in [5.74, 6) is 0.794. The summed E-state index contributed by atoms with van der Waals surface area (Å²) in [5, 5.41) is 19.0. The number of halogens is 1. The topological polar surface area (TPSA) is 65.4 Å². The van der Waals surface area contributed by atoms with Crippen molar-refractivity contribution in [3.8, 4) is 5.75 Å². The number of piperazine rings is 1. The molecule has 1 heterocycles. The predicted octanol–water partition coefficient (Wildman–Crippen LogP) is 0.815. The highest BCUT2D eigenvalue weighted by atomic mass is 79.9. The average molecular weight is 403 g/mol. The van der Waals surface area contributed by atoms with E-state index in [4.69, 9.17) is 14.6 Å². The Morgan fingerprint density at radius 3 is 2.50 bits per heavy atom. The molecule has 2 N–H and O–H groups in total. The van der Waals surface area contributed by atoms with Crippen LogP contribution in [-0.4, -0.2) is 91.8 Å². The van der Waals surface area contributed by atoms with Gasteiger partial charge in [-0.15, -0.1) is 0 Å². The first kappa shape index (κ1) is 19.6. The fourth-order valence-corrected chi connectivity index (χ4v) is 3.08. The molecule has 0 aromatic heterocycles. The van der Waals surface area contributed by atoms with E-state index in [9.17, 15) is 5.11 Å². The first-order chi connectivity index (χ1) is 11.7. The number of rotatable bonds is 10. The van der Waals surface area contributed by atoms with Crippen molar-refractivity contribution >= 4 is 15.9 Å². The van der Waals surface area contributed by atoms with E-state index in [2.05, 4.69) is 25.7 Å². The average Bonchev–Trinajstić information content (AvgIpc) is 2.58. The van der Waals surface area contributed by atoms with Crippen LogP contribution in [0, 0.1) is 0 Å². The third kappa shape index (κ3) is 7.04. The third-order valence-corrected chi connectivity index (χ3v) is 4.64. The van der Waals surface area contributed by atoms with E-state index in [1.807, 2.05) is 24.3 Å². The van der Waals surface area contributed by atoms with E-state index in [0.29, 0.717) is 26.4 Å². The molecule has 0 bridgehead atoms. The summed E-state index contributed by atoms with van der Waals surface area (Å²) in [6.45, 7) is 6.49. The van der Waals surface area contributed by atoms with E-state index in [0.717, 1.165) is 42.9 Å². The number of β-amino-alcohol motifs (C(OH)–C–C–N with tert-alkyl or cyclic N) is 2. The van der Waals surface area contributed by atoms with Gasteiger partial charge in [-0.05, 0) is 28.1 Å². The second-order valence-corrected chi connectivity index (χ2v) is 6.73. The Hall–Kier alpha value is -0.700. The molecule has 1 saturated heterocycles. The Balaban J connectivity index is 1.52. The number of nitrogens with zero attached hydrogens (tertiary/aromatic N) is 2. The highest BCUT2D eigenvalue weighted by Crippen LogP contribution is 2.23. The lowest BCUT2D eigenvalue weighted by atomic mass is 10.2. The summed E-state index contributed by atoms with van der Waals surface area (Å²) < 4.78 is 12.0. The molecule has 1 aromatic carbocycles. The van der Waals surface area contributed by atoms with Gasteiger partial charge in [-0.25, -0.2) is 0 Å². The lowest BCUT2D eigenvalue weighted by Gasteiger charge is -2.35. The monoisotopic (exact) mass is 402 g/mol. The maximum atomic E-state index is 10.1. The molecule has 2 rings (SSSR count). The molecule has 1 aliphatic rings. The number of aliphatic hydroxyl groups is 2. The zero-order valence-corrected chi connectivity index (χ0v) is 15.5. The molecule has 0 amide bonds. The molecule has 0 aliphatic carbocycles. The Morgan fingerprint density at radius 2 is 1.79 bits per heavy atom. The summed E-state index contributed by atoms with van der Waals surface area (Å²) in [4.78, 5) is 4.47. The smallest absolute Gasteiger partial charge is 0.133 e. The molecule has 24 heavy (non-hydrogen) atoms. The lowest BCUT2D eigenvalue weighted by Crippen LogP contribution is -2.49. The van der Waals surface area contributed by atoms with Crippen LogP contribution in [0.2, 0.25) is 0 Å². The zero-order chi connectivity index (χ0) is 17.2. The largest absolute Gasteiger partial charge is 0.490 e. The Labute approximate surface area is 152 Å². The summed E-state index contributed by atoms with van der Waals surface area (Å²) in [7, 11) is 0. The Morgan fingerprint density at radius 1 is 1.08 bits per heavy atom. The molecule has 1 atom stereocenters. The van der Waals surface area contributed by atoms with Gasteiger partial charge >= 0.3 is 0 Å². The van der Waals surface area contributed by atoms with E-state index >= 15 is 0 Å². The second-order valence-electron chi connectivity index (χ2n) is 5.87. The number of hydrogen-bond acceptors (Lipinski definition) is 6. The van der Waals surface area contributed by atoms with Crippen molar-refractivity contribution in [1.82, 2.24) is 9.80 Å². The quantitative estimate of drug-likeness (QED) is 0.564. The fourth-order valence-electron chi connectivity index (χ4n) is 2.68. The van der Waals surface area contributed by atoms with Crippen LogP contribution >= 0.6 is 15.9 Å². The SMILES string of the molecule is OCCN1CCN(C[C@H](O)COCCOc2ccccc2Br)CC1. The normalized spacial score (nSPS) is 17.8. The van der Waals surface area contributed by atoms with Crippen molar-refractivity contribution in [3.63, 3.8) is 0 Å². The molecule has 0 unspecified atom stereocenters. The molecule has 1 aliphatic heterocycles. The van der Waals surface area contributed by atoms with Gasteiger partial charge in [-0.2, -0.15) is 0 Å². The van der Waals surface area contributed by atoms with Gasteiger partial charge in [0, 0.05) is 39.3 Å². The van der Waals surface area contributed by atoms with Crippen molar-refractivity contribution in [2.45, 2.75) is 6.10 Å². The lowest BCUT2D eigenvalue weighted by molar-refractivity contribution is -0.000810. The second kappa shape index (κ2) is 11.0. The fraction of sp³-hybridized carbons (Fsp3) is 0.647. The van der Waals surface area contributed by atoms with Crippen LogP contribution in [0.1, 0.15) is 0 Å². The highest BCUT2D eigenvalue weighted by molar-refractivity contribution is 9.10. The molecule has 1 fully saturated rings. The Kier molecular flexibility index (Phi) is 9.01. The van der Waals surface area contributed by atoms with Crippen LogP contribution in [-0.2, 0) is 4.74 Å². The van der Waals surface area contributed by atoms with Crippen molar-refractivity contribution in [3.05, 3.63) is 28.7 Å². The van der Waals surface area contributed by atoms with Gasteiger partial charge in [-0.3, -0.25) is 9.80 Å². The minimum atomic E-state index is -0.488. The summed E-state index contributed by atoms with van der Waals surface area (Å²) in [6, 6.07) is 7.69. The van der Waals surface area contributed by atoms with Gasteiger partial charge in [0.25, 0.3) is 0 Å². The van der Waals surface area contributed by atoms with Crippen molar-refractivity contribution in [2.75, 3.05) is 65.7 Å². The van der Waals surface area contributed by atoms with Crippen LogP contribution in [0.5, 0.6) is 5.75 Å². The number of benzene rings is 1. The van der Waals surface area contributed by atoms with Crippen LogP contribution in [0.4, 0.5) is 0 Å². The standard InChI is InChI=1S/C17H27BrN2O4/c18-16-3-1-2-4-17(16)24-12-11-23-14-15(22)13-20-7-5-19(6-8-20)9-10-21/h1-4,15,21-22H,5-14H2/t15-/m0/s1. The molecule has 136 valence electrons. The predicted molar refractivity (Wildman–Crippen MR) is 96.4 cm³/mol. The number of hydrogen-bond donors (Lipinski definition) is 2. The molecule has 0 radical (unpaired) electrons. The third-order valence-electron chi connectivity index (χ3n) is 3.98.